The van der Waals surface area contributed by atoms with E-state index in [0.29, 0.717) is 0 Å². The SMILES string of the molecule is O=C([O-])CCC(=O)[O-].c1ccc([P+](c2ccccc2)(c2ccccc2)C2CCCCCCC2)cc1.c1ccc([P+](c2ccccc2)(c2ccccc2)C2CCCCCCC2)cc1. The van der Waals surface area contributed by atoms with Crippen LogP contribution in [0.5, 0.6) is 0 Å². The summed E-state index contributed by atoms with van der Waals surface area (Å²) < 4.78 is 0. The fourth-order valence-electron chi connectivity index (χ4n) is 9.99. The molecule has 0 heterocycles. The van der Waals surface area contributed by atoms with Gasteiger partial charge in [-0.25, -0.2) is 0 Å². The highest BCUT2D eigenvalue weighted by atomic mass is 31.2. The molecule has 2 saturated carbocycles. The summed E-state index contributed by atoms with van der Waals surface area (Å²) in [4.78, 5) is 19.0. The molecule has 0 atom stereocenters. The van der Waals surface area contributed by atoms with E-state index in [9.17, 15) is 19.8 Å². The largest absolute Gasteiger partial charge is 0.550 e. The van der Waals surface area contributed by atoms with Crippen molar-refractivity contribution < 1.29 is 19.8 Å². The van der Waals surface area contributed by atoms with Gasteiger partial charge in [0.05, 0.1) is 11.3 Å². The summed E-state index contributed by atoms with van der Waals surface area (Å²) in [6.45, 7) is 0. The fraction of sp³-hybridized carbons (Fsp3) is 0.321. The van der Waals surface area contributed by atoms with Crippen molar-refractivity contribution in [2.24, 2.45) is 0 Å². The standard InChI is InChI=1S/2C26H30P.C4H6O4/c2*1-2-7-15-23(16-8-3-1)27(24-17-9-4-10-18-24,25-19-11-5-12-20-25)26-21-13-6-14-22-26;5-3(6)1-2-4(7)8/h2*4-6,9-14,17-23H,1-3,7-8,15-16H2;1-2H2,(H,5,6)(H,7,8)/q2*+1;/p-2. The molecular formula is C56H64O4P2. The van der Waals surface area contributed by atoms with E-state index in [2.05, 4.69) is 182 Å². The Hall–Kier alpha value is -4.88. The van der Waals surface area contributed by atoms with Crippen molar-refractivity contribution in [3.8, 4) is 0 Å². The van der Waals surface area contributed by atoms with Crippen LogP contribution in [-0.2, 0) is 9.59 Å². The van der Waals surface area contributed by atoms with Crippen LogP contribution in [0.25, 0.3) is 0 Å². The second-order valence-electron chi connectivity index (χ2n) is 16.7. The fourth-order valence-corrected chi connectivity index (χ4v) is 20.4. The van der Waals surface area contributed by atoms with Gasteiger partial charge in [0.1, 0.15) is 46.4 Å². The maximum Gasteiger partial charge on any atom is 0.115 e. The van der Waals surface area contributed by atoms with E-state index >= 15 is 0 Å². The molecule has 62 heavy (non-hydrogen) atoms. The molecule has 0 unspecified atom stereocenters. The molecule has 6 aromatic carbocycles. The van der Waals surface area contributed by atoms with Gasteiger partial charge in [-0.15, -0.1) is 0 Å². The highest BCUT2D eigenvalue weighted by molar-refractivity contribution is 7.96. The second-order valence-corrected chi connectivity index (χ2v) is 24.2. The van der Waals surface area contributed by atoms with Gasteiger partial charge in [0.15, 0.2) is 0 Å². The zero-order chi connectivity index (χ0) is 43.3. The number of hydrogen-bond donors (Lipinski definition) is 0. The van der Waals surface area contributed by atoms with Gasteiger partial charge in [0.25, 0.3) is 0 Å². The highest BCUT2D eigenvalue weighted by Crippen LogP contribution is 2.64. The Morgan fingerprint density at radius 3 is 0.677 bits per heavy atom. The molecule has 0 aliphatic heterocycles. The predicted molar refractivity (Wildman–Crippen MR) is 262 cm³/mol. The number of carboxylic acid groups (broad SMARTS) is 2. The first-order chi connectivity index (χ1) is 30.5. The molecule has 4 nitrogen and oxygen atoms in total. The molecule has 0 bridgehead atoms. The Morgan fingerprint density at radius 2 is 0.500 bits per heavy atom. The molecule has 6 heteroatoms. The number of carbonyl (C=O) groups excluding carboxylic acids is 2. The zero-order valence-electron chi connectivity index (χ0n) is 36.3. The minimum absolute atomic E-state index is 0.470. The van der Waals surface area contributed by atoms with Crippen LogP contribution in [0.15, 0.2) is 182 Å². The summed E-state index contributed by atoms with van der Waals surface area (Å²) in [5, 5.41) is 28.3. The van der Waals surface area contributed by atoms with Crippen molar-refractivity contribution in [2.75, 3.05) is 0 Å². The maximum atomic E-state index is 9.50. The Balaban J connectivity index is 0.000000176. The number of rotatable bonds is 11. The van der Waals surface area contributed by atoms with E-state index in [4.69, 9.17) is 0 Å². The zero-order valence-corrected chi connectivity index (χ0v) is 38.1. The van der Waals surface area contributed by atoms with Gasteiger partial charge in [0.2, 0.25) is 0 Å². The summed E-state index contributed by atoms with van der Waals surface area (Å²) in [7, 11) is -3.35. The van der Waals surface area contributed by atoms with Gasteiger partial charge >= 0.3 is 0 Å². The van der Waals surface area contributed by atoms with E-state index in [1.54, 1.807) is 31.8 Å². The Morgan fingerprint density at radius 1 is 0.323 bits per heavy atom. The van der Waals surface area contributed by atoms with E-state index in [1.165, 1.54) is 89.9 Å². The van der Waals surface area contributed by atoms with Gasteiger partial charge in [-0.3, -0.25) is 0 Å². The first-order valence-electron chi connectivity index (χ1n) is 23.0. The minimum atomic E-state index is -1.68. The van der Waals surface area contributed by atoms with Crippen LogP contribution < -0.4 is 42.0 Å². The Bertz CT molecular complexity index is 1800. The molecule has 0 spiro atoms. The summed E-state index contributed by atoms with van der Waals surface area (Å²) in [5.74, 6) is -2.73. The maximum absolute atomic E-state index is 9.50. The van der Waals surface area contributed by atoms with Crippen molar-refractivity contribution in [1.29, 1.82) is 0 Å². The van der Waals surface area contributed by atoms with Crippen LogP contribution in [-0.4, -0.2) is 23.3 Å². The summed E-state index contributed by atoms with van der Waals surface area (Å²) in [6, 6.07) is 68.5. The van der Waals surface area contributed by atoms with Crippen molar-refractivity contribution in [3.05, 3.63) is 182 Å². The summed E-state index contributed by atoms with van der Waals surface area (Å²) >= 11 is 0. The van der Waals surface area contributed by atoms with Gasteiger partial charge in [-0.05, 0) is 137 Å². The average molecular weight is 863 g/mol. The van der Waals surface area contributed by atoms with Crippen LogP contribution in [0, 0.1) is 0 Å². The molecular weight excluding hydrogens is 799 g/mol. The average Bonchev–Trinajstić information content (AvgIpc) is 3.30. The topological polar surface area (TPSA) is 80.3 Å². The minimum Gasteiger partial charge on any atom is -0.550 e. The number of carboxylic acids is 2. The monoisotopic (exact) mass is 862 g/mol. The lowest BCUT2D eigenvalue weighted by Crippen LogP contribution is -2.39. The first kappa shape index (κ1) is 46.6. The predicted octanol–water partition coefficient (Wildman–Crippen LogP) is 9.45. The summed E-state index contributed by atoms with van der Waals surface area (Å²) in [5.41, 5.74) is 1.48. The van der Waals surface area contributed by atoms with Crippen molar-refractivity contribution >= 4 is 58.3 Å². The van der Waals surface area contributed by atoms with Crippen LogP contribution in [0.2, 0.25) is 0 Å². The third-order valence-corrected chi connectivity index (χ3v) is 22.7. The van der Waals surface area contributed by atoms with Crippen LogP contribution in [0.4, 0.5) is 0 Å². The quantitative estimate of drug-likeness (QED) is 0.122. The van der Waals surface area contributed by atoms with Gasteiger partial charge in [-0.2, -0.15) is 0 Å². The van der Waals surface area contributed by atoms with E-state index < -0.39 is 39.3 Å². The van der Waals surface area contributed by atoms with Gasteiger partial charge < -0.3 is 19.8 Å². The van der Waals surface area contributed by atoms with Crippen molar-refractivity contribution in [3.63, 3.8) is 0 Å². The molecule has 0 radical (unpaired) electrons. The molecule has 0 saturated heterocycles. The highest BCUT2D eigenvalue weighted by Gasteiger charge is 2.52. The molecule has 2 fully saturated rings. The van der Waals surface area contributed by atoms with E-state index in [0.717, 1.165) is 11.3 Å². The number of carbonyl (C=O) groups is 2. The molecule has 2 aliphatic carbocycles. The van der Waals surface area contributed by atoms with Crippen molar-refractivity contribution in [2.45, 2.75) is 114 Å². The van der Waals surface area contributed by atoms with E-state index in [1.807, 2.05) is 0 Å². The number of aliphatic carboxylic acids is 2. The van der Waals surface area contributed by atoms with Gasteiger partial charge in [0, 0.05) is 11.9 Å². The third-order valence-electron chi connectivity index (χ3n) is 12.8. The smallest absolute Gasteiger partial charge is 0.115 e. The van der Waals surface area contributed by atoms with Gasteiger partial charge in [-0.1, -0.05) is 148 Å². The molecule has 0 amide bonds. The molecule has 0 N–H and O–H groups in total. The molecule has 8 rings (SSSR count). The molecule has 6 aromatic rings. The van der Waals surface area contributed by atoms with Crippen LogP contribution in [0.1, 0.15) is 103 Å². The second kappa shape index (κ2) is 24.7. The Labute approximate surface area is 372 Å². The normalized spacial score (nSPS) is 15.4. The van der Waals surface area contributed by atoms with Crippen molar-refractivity contribution in [1.82, 2.24) is 0 Å². The lowest BCUT2D eigenvalue weighted by Gasteiger charge is -2.35. The van der Waals surface area contributed by atoms with E-state index in [-0.39, 0.29) is 0 Å². The Kier molecular flexibility index (Phi) is 18.6. The summed E-state index contributed by atoms with van der Waals surface area (Å²) in [6.07, 6.45) is 18.4. The first-order valence-corrected chi connectivity index (χ1v) is 26.7. The third kappa shape index (κ3) is 12.0. The lowest BCUT2D eigenvalue weighted by molar-refractivity contribution is -0.315. The van der Waals surface area contributed by atoms with Crippen LogP contribution >= 0.6 is 14.5 Å². The molecule has 322 valence electrons. The molecule has 2 aliphatic rings. The molecule has 0 aromatic heterocycles. The van der Waals surface area contributed by atoms with Crippen LogP contribution in [0.3, 0.4) is 0 Å². The lowest BCUT2D eigenvalue weighted by atomic mass is 10.0. The number of hydrogen-bond acceptors (Lipinski definition) is 4. The number of benzene rings is 6.